The quantitative estimate of drug-likeness (QED) is 0.163. The van der Waals surface area contributed by atoms with Crippen LogP contribution in [-0.2, 0) is 36.4 Å². The maximum atomic E-state index is 15.2. The van der Waals surface area contributed by atoms with Crippen LogP contribution in [0.3, 0.4) is 0 Å². The predicted octanol–water partition coefficient (Wildman–Crippen LogP) is 5.92. The van der Waals surface area contributed by atoms with Crippen molar-refractivity contribution in [3.8, 4) is 23.0 Å². The summed E-state index contributed by atoms with van der Waals surface area (Å²) in [5.74, 6) is -3.84. The van der Waals surface area contributed by atoms with Crippen molar-refractivity contribution in [2.24, 2.45) is 5.92 Å². The molecule has 0 unspecified atom stereocenters. The summed E-state index contributed by atoms with van der Waals surface area (Å²) < 4.78 is 101. The van der Waals surface area contributed by atoms with Crippen LogP contribution in [-0.4, -0.2) is 37.3 Å². The van der Waals surface area contributed by atoms with E-state index in [1.165, 1.54) is 19.9 Å². The molecule has 3 N–H and O–H groups in total. The molecular weight excluding hydrogens is 683 g/mol. The summed E-state index contributed by atoms with van der Waals surface area (Å²) in [4.78, 5) is 30.8. The molecule has 7 rings (SSSR count). The smallest absolute Gasteiger partial charge is 0.378 e. The van der Waals surface area contributed by atoms with Gasteiger partial charge in [0.05, 0.1) is 11.7 Å². The molecule has 0 saturated heterocycles. The molecule has 264 valence electrons. The molecule has 1 aliphatic heterocycles. The van der Waals surface area contributed by atoms with Crippen LogP contribution in [0.1, 0.15) is 82.1 Å². The highest BCUT2D eigenvalue weighted by Crippen LogP contribution is 2.68. The summed E-state index contributed by atoms with van der Waals surface area (Å²) in [6.07, 6.45) is -5.49. The number of pyridine rings is 1. The molecular formula is C36H28F7N5O3. The number of rotatable bonds is 7. The number of carbonyl (C=O) groups is 2. The fourth-order valence-electron chi connectivity index (χ4n) is 6.80. The highest BCUT2D eigenvalue weighted by molar-refractivity contribution is 5.99. The first-order valence-electron chi connectivity index (χ1n) is 15.9. The third-order valence-corrected chi connectivity index (χ3v) is 9.05. The third kappa shape index (κ3) is 6.56. The lowest BCUT2D eigenvalue weighted by atomic mass is 9.93. The fourth-order valence-corrected chi connectivity index (χ4v) is 6.80. The first-order chi connectivity index (χ1) is 23.9. The Balaban J connectivity index is 1.32. The Morgan fingerprint density at radius 3 is 2.51 bits per heavy atom. The Morgan fingerprint density at radius 1 is 1.10 bits per heavy atom. The van der Waals surface area contributed by atoms with Gasteiger partial charge in [-0.2, -0.15) is 27.1 Å². The number of fused-ring (bicyclic) bond motifs is 4. The van der Waals surface area contributed by atoms with Crippen molar-refractivity contribution in [2.75, 3.05) is 0 Å². The summed E-state index contributed by atoms with van der Waals surface area (Å²) in [7, 11) is 0. The standard InChI is InChI=1S/C36H28F7N5O3/c1-34(2,51)8-7-22-5-6-23(18-3-4-19-15-44-33(50)24(19)12-18)30(45-22)27(11-17-9-20(37)13-21(38)10-17)46-28(49)16-48-32-29(31(47-48)36(41,42)43)25-14-26(25)35(32,39)40/h3-6,9-10,12-13,25-27,51H,11,14-16H2,1-2H3,(H,44,50)(H,46,49)/t25-,26+,27-/m0/s1. The van der Waals surface area contributed by atoms with E-state index in [1.54, 1.807) is 24.3 Å². The first-order valence-corrected chi connectivity index (χ1v) is 15.9. The van der Waals surface area contributed by atoms with E-state index in [4.69, 9.17) is 0 Å². The minimum atomic E-state index is -5.04. The van der Waals surface area contributed by atoms with Crippen molar-refractivity contribution >= 4 is 11.8 Å². The zero-order chi connectivity index (χ0) is 36.6. The lowest BCUT2D eigenvalue weighted by Crippen LogP contribution is -2.35. The highest BCUT2D eigenvalue weighted by atomic mass is 19.4. The number of nitrogens with one attached hydrogen (secondary N) is 2. The molecule has 0 radical (unpaired) electrons. The van der Waals surface area contributed by atoms with E-state index in [0.29, 0.717) is 34.0 Å². The van der Waals surface area contributed by atoms with E-state index in [2.05, 4.69) is 32.6 Å². The van der Waals surface area contributed by atoms with Crippen LogP contribution in [0.2, 0.25) is 0 Å². The van der Waals surface area contributed by atoms with E-state index in [0.717, 1.165) is 17.7 Å². The molecule has 0 spiro atoms. The molecule has 8 nitrogen and oxygen atoms in total. The minimum Gasteiger partial charge on any atom is -0.378 e. The zero-order valence-corrected chi connectivity index (χ0v) is 26.9. The molecule has 2 amide bonds. The summed E-state index contributed by atoms with van der Waals surface area (Å²) in [5.41, 5.74) is -2.33. The van der Waals surface area contributed by atoms with Crippen molar-refractivity contribution in [3.63, 3.8) is 0 Å². The second-order valence-corrected chi connectivity index (χ2v) is 13.4. The van der Waals surface area contributed by atoms with Crippen LogP contribution in [0, 0.1) is 29.4 Å². The Hall–Kier alpha value is -5.23. The third-order valence-electron chi connectivity index (χ3n) is 9.05. The van der Waals surface area contributed by atoms with Gasteiger partial charge in [0.2, 0.25) is 5.91 Å². The van der Waals surface area contributed by atoms with Gasteiger partial charge in [0.15, 0.2) is 5.69 Å². The molecule has 2 aromatic heterocycles. The first kappa shape index (κ1) is 34.2. The second-order valence-electron chi connectivity index (χ2n) is 13.4. The van der Waals surface area contributed by atoms with E-state index < -0.39 is 76.6 Å². The average molecular weight is 712 g/mol. The van der Waals surface area contributed by atoms with Crippen LogP contribution >= 0.6 is 0 Å². The van der Waals surface area contributed by atoms with Crippen LogP contribution < -0.4 is 10.6 Å². The summed E-state index contributed by atoms with van der Waals surface area (Å²) in [6, 6.07) is 9.51. The van der Waals surface area contributed by atoms with Crippen LogP contribution in [0.4, 0.5) is 30.7 Å². The fraction of sp³-hybridized carbons (Fsp3) is 0.333. The number of carbonyl (C=O) groups excluding carboxylic acids is 2. The maximum Gasteiger partial charge on any atom is 0.435 e. The van der Waals surface area contributed by atoms with Gasteiger partial charge >= 0.3 is 6.18 Å². The normalized spacial score (nSPS) is 19.0. The molecule has 3 atom stereocenters. The highest BCUT2D eigenvalue weighted by Gasteiger charge is 2.68. The molecule has 2 aliphatic carbocycles. The van der Waals surface area contributed by atoms with Crippen LogP contribution in [0.15, 0.2) is 48.5 Å². The number of halogens is 7. The summed E-state index contributed by atoms with van der Waals surface area (Å²) in [6.45, 7) is 2.15. The van der Waals surface area contributed by atoms with E-state index in [9.17, 15) is 36.6 Å². The number of hydrogen-bond acceptors (Lipinski definition) is 5. The Bertz CT molecular complexity index is 2160. The van der Waals surface area contributed by atoms with Gasteiger partial charge in [0.1, 0.15) is 35.2 Å². The van der Waals surface area contributed by atoms with E-state index in [1.807, 2.05) is 0 Å². The largest absolute Gasteiger partial charge is 0.435 e. The van der Waals surface area contributed by atoms with Crippen molar-refractivity contribution in [3.05, 3.63) is 105 Å². The Labute approximate surface area is 286 Å². The number of aliphatic hydroxyl groups is 1. The van der Waals surface area contributed by atoms with Crippen LogP contribution in [0.25, 0.3) is 11.1 Å². The number of aromatic nitrogens is 3. The van der Waals surface area contributed by atoms with Gasteiger partial charge in [-0.25, -0.2) is 13.8 Å². The van der Waals surface area contributed by atoms with Crippen molar-refractivity contribution in [1.29, 1.82) is 0 Å². The Kier molecular flexibility index (Phi) is 8.01. The van der Waals surface area contributed by atoms with Gasteiger partial charge in [-0.1, -0.05) is 18.1 Å². The topological polar surface area (TPSA) is 109 Å². The molecule has 4 aromatic rings. The number of benzene rings is 2. The molecule has 15 heteroatoms. The number of amides is 2. The second kappa shape index (κ2) is 11.9. The van der Waals surface area contributed by atoms with Gasteiger partial charge in [0, 0.05) is 35.2 Å². The average Bonchev–Trinajstić information content (AvgIpc) is 3.54. The lowest BCUT2D eigenvalue weighted by molar-refractivity contribution is -0.142. The number of nitrogens with zero attached hydrogens (tertiary/aromatic N) is 3. The monoisotopic (exact) mass is 711 g/mol. The predicted molar refractivity (Wildman–Crippen MR) is 167 cm³/mol. The molecule has 0 bridgehead atoms. The van der Waals surface area contributed by atoms with E-state index >= 15 is 8.78 Å². The minimum absolute atomic E-state index is 0.0535. The van der Waals surface area contributed by atoms with Crippen molar-refractivity contribution < 1.29 is 45.4 Å². The summed E-state index contributed by atoms with van der Waals surface area (Å²) in [5, 5.41) is 18.9. The van der Waals surface area contributed by atoms with Gasteiger partial charge in [-0.3, -0.25) is 14.3 Å². The molecule has 2 aromatic carbocycles. The van der Waals surface area contributed by atoms with Gasteiger partial charge in [-0.15, -0.1) is 0 Å². The lowest BCUT2D eigenvalue weighted by Gasteiger charge is -2.23. The number of hydrogen-bond donors (Lipinski definition) is 3. The summed E-state index contributed by atoms with van der Waals surface area (Å²) >= 11 is 0. The zero-order valence-electron chi connectivity index (χ0n) is 26.9. The van der Waals surface area contributed by atoms with Gasteiger partial charge < -0.3 is 15.7 Å². The van der Waals surface area contributed by atoms with Crippen molar-refractivity contribution in [2.45, 2.75) is 69.4 Å². The van der Waals surface area contributed by atoms with Crippen LogP contribution in [0.5, 0.6) is 0 Å². The molecule has 1 fully saturated rings. The van der Waals surface area contributed by atoms with Crippen molar-refractivity contribution in [1.82, 2.24) is 25.4 Å². The number of alkyl halides is 5. The Morgan fingerprint density at radius 2 is 1.82 bits per heavy atom. The SMILES string of the molecule is CC(C)(O)C#Cc1ccc(-c2ccc3c(c2)C(=O)NC3)c([C@H](Cc2cc(F)cc(F)c2)NC(=O)Cn2nc(C(F)(F)F)c3c2C(F)(F)[C@@H]2C[C@H]32)n1. The molecule has 1 saturated carbocycles. The van der Waals surface area contributed by atoms with E-state index in [-0.39, 0.29) is 35.7 Å². The molecule has 3 heterocycles. The molecule has 3 aliphatic rings. The molecule has 51 heavy (non-hydrogen) atoms. The van der Waals surface area contributed by atoms with Gasteiger partial charge in [0.25, 0.3) is 11.8 Å². The van der Waals surface area contributed by atoms with Gasteiger partial charge in [-0.05, 0) is 85.5 Å². The maximum absolute atomic E-state index is 15.2.